The molecule has 1 N–H and O–H groups in total. The molecule has 3 aromatic rings. The Kier molecular flexibility index (Phi) is 4.88. The maximum absolute atomic E-state index is 13.9. The Hall–Kier alpha value is -3.31. The molecule has 0 aliphatic rings. The fourth-order valence-corrected chi connectivity index (χ4v) is 3.59. The van der Waals surface area contributed by atoms with Crippen LogP contribution in [-0.2, 0) is 10.0 Å². The lowest BCUT2D eigenvalue weighted by atomic mass is 10.1. The maximum atomic E-state index is 13.9. The zero-order valence-electron chi connectivity index (χ0n) is 14.6. The van der Waals surface area contributed by atoms with Crippen molar-refractivity contribution in [3.8, 4) is 17.3 Å². The molecule has 0 spiro atoms. The van der Waals surface area contributed by atoms with E-state index in [-0.39, 0.29) is 10.6 Å². The summed E-state index contributed by atoms with van der Waals surface area (Å²) in [5.74, 6) is -0.685. The highest BCUT2D eigenvalue weighted by Crippen LogP contribution is 2.26. The second kappa shape index (κ2) is 7.13. The van der Waals surface area contributed by atoms with Crippen LogP contribution >= 0.6 is 0 Å². The van der Waals surface area contributed by atoms with Crippen LogP contribution in [-0.4, -0.2) is 18.4 Å². The lowest BCUT2D eigenvalue weighted by Gasteiger charge is -2.11. The van der Waals surface area contributed by atoms with E-state index in [0.717, 1.165) is 17.8 Å². The van der Waals surface area contributed by atoms with Crippen LogP contribution in [0.4, 0.5) is 10.1 Å². The summed E-state index contributed by atoms with van der Waals surface area (Å²) in [6.45, 7) is 3.49. The Morgan fingerprint density at radius 2 is 1.93 bits per heavy atom. The van der Waals surface area contributed by atoms with Gasteiger partial charge >= 0.3 is 0 Å². The Morgan fingerprint density at radius 3 is 2.59 bits per heavy atom. The van der Waals surface area contributed by atoms with E-state index in [1.165, 1.54) is 6.07 Å². The molecule has 27 heavy (non-hydrogen) atoms. The molecule has 0 atom stereocenters. The molecule has 0 aliphatic carbocycles. The molecule has 0 bridgehead atoms. The van der Waals surface area contributed by atoms with Crippen molar-refractivity contribution in [3.63, 3.8) is 0 Å². The second-order valence-corrected chi connectivity index (χ2v) is 7.60. The smallest absolute Gasteiger partial charge is 0.278 e. The first kappa shape index (κ1) is 18.5. The summed E-state index contributed by atoms with van der Waals surface area (Å²) in [5.41, 5.74) is 2.31. The number of anilines is 1. The van der Waals surface area contributed by atoms with Gasteiger partial charge < -0.3 is 0 Å². The van der Waals surface area contributed by atoms with Crippen molar-refractivity contribution in [2.45, 2.75) is 18.9 Å². The molecule has 0 saturated carbocycles. The third-order valence-electron chi connectivity index (χ3n) is 3.74. The number of hydrogen-bond donors (Lipinski definition) is 1. The number of halogens is 1. The number of benzene rings is 1. The SMILES string of the molecule is Cc1cc(NS(=O)(=O)c2cccc(C)n2)cc(-c2cc(F)c(C#N)cn2)c1. The van der Waals surface area contributed by atoms with Crippen LogP contribution in [0.2, 0.25) is 0 Å². The molecule has 136 valence electrons. The minimum absolute atomic E-state index is 0.0897. The predicted octanol–water partition coefficient (Wildman–Crippen LogP) is 3.57. The van der Waals surface area contributed by atoms with Gasteiger partial charge in [0.1, 0.15) is 17.4 Å². The first-order chi connectivity index (χ1) is 12.8. The monoisotopic (exact) mass is 382 g/mol. The third kappa shape index (κ3) is 4.10. The van der Waals surface area contributed by atoms with Crippen molar-refractivity contribution in [2.24, 2.45) is 0 Å². The number of nitriles is 1. The minimum atomic E-state index is -3.87. The van der Waals surface area contributed by atoms with E-state index < -0.39 is 15.8 Å². The van der Waals surface area contributed by atoms with Crippen molar-refractivity contribution in [1.82, 2.24) is 9.97 Å². The van der Waals surface area contributed by atoms with Crippen LogP contribution in [0.25, 0.3) is 11.3 Å². The van der Waals surface area contributed by atoms with Gasteiger partial charge in [0.15, 0.2) is 5.03 Å². The van der Waals surface area contributed by atoms with E-state index in [1.807, 2.05) is 0 Å². The topological polar surface area (TPSA) is 95.7 Å². The van der Waals surface area contributed by atoms with Gasteiger partial charge in [0.05, 0.1) is 5.69 Å². The van der Waals surface area contributed by atoms with Gasteiger partial charge in [0.2, 0.25) is 0 Å². The van der Waals surface area contributed by atoms with Crippen LogP contribution in [0.15, 0.2) is 53.7 Å². The van der Waals surface area contributed by atoms with Gasteiger partial charge in [0, 0.05) is 29.2 Å². The average molecular weight is 382 g/mol. The number of rotatable bonds is 4. The highest BCUT2D eigenvalue weighted by molar-refractivity contribution is 7.92. The Bertz CT molecular complexity index is 1170. The number of hydrogen-bond acceptors (Lipinski definition) is 5. The molecule has 6 nitrogen and oxygen atoms in total. The van der Waals surface area contributed by atoms with Crippen LogP contribution in [0, 0.1) is 31.0 Å². The molecule has 0 unspecified atom stereocenters. The lowest BCUT2D eigenvalue weighted by Crippen LogP contribution is -2.15. The average Bonchev–Trinajstić information content (AvgIpc) is 2.60. The van der Waals surface area contributed by atoms with Crippen molar-refractivity contribution >= 4 is 15.7 Å². The maximum Gasteiger partial charge on any atom is 0.279 e. The molecule has 0 fully saturated rings. The van der Waals surface area contributed by atoms with Gasteiger partial charge in [0.25, 0.3) is 10.0 Å². The van der Waals surface area contributed by atoms with Gasteiger partial charge in [-0.2, -0.15) is 13.7 Å². The van der Waals surface area contributed by atoms with Crippen molar-refractivity contribution in [2.75, 3.05) is 4.72 Å². The molecule has 0 saturated heterocycles. The number of aromatic nitrogens is 2. The third-order valence-corrected chi connectivity index (χ3v) is 5.02. The van der Waals surface area contributed by atoms with Crippen LogP contribution in [0.3, 0.4) is 0 Å². The molecule has 0 radical (unpaired) electrons. The lowest BCUT2D eigenvalue weighted by molar-refractivity contribution is 0.597. The Labute approximate surface area is 156 Å². The Morgan fingerprint density at radius 1 is 1.15 bits per heavy atom. The van der Waals surface area contributed by atoms with Crippen LogP contribution in [0.1, 0.15) is 16.8 Å². The molecule has 0 amide bonds. The normalized spacial score (nSPS) is 11.0. The van der Waals surface area contributed by atoms with Crippen LogP contribution in [0.5, 0.6) is 0 Å². The highest BCUT2D eigenvalue weighted by Gasteiger charge is 2.17. The molecule has 8 heteroatoms. The zero-order valence-corrected chi connectivity index (χ0v) is 15.4. The van der Waals surface area contributed by atoms with Gasteiger partial charge in [-0.3, -0.25) is 9.71 Å². The van der Waals surface area contributed by atoms with Crippen LogP contribution < -0.4 is 4.72 Å². The summed E-state index contributed by atoms with van der Waals surface area (Å²) in [5, 5.41) is 8.72. The number of nitrogens with one attached hydrogen (secondary N) is 1. The molecule has 0 aliphatic heterocycles. The predicted molar refractivity (Wildman–Crippen MR) is 98.9 cm³/mol. The van der Waals surface area contributed by atoms with Crippen molar-refractivity contribution < 1.29 is 12.8 Å². The summed E-state index contributed by atoms with van der Waals surface area (Å²) in [4.78, 5) is 8.11. The fourth-order valence-electron chi connectivity index (χ4n) is 2.54. The minimum Gasteiger partial charge on any atom is -0.278 e. The van der Waals surface area contributed by atoms with E-state index in [0.29, 0.717) is 22.6 Å². The first-order valence-corrected chi connectivity index (χ1v) is 9.41. The van der Waals surface area contributed by atoms with E-state index in [1.54, 1.807) is 50.2 Å². The highest BCUT2D eigenvalue weighted by atomic mass is 32.2. The molecule has 3 rings (SSSR count). The number of aryl methyl sites for hydroxylation is 2. The Balaban J connectivity index is 1.99. The van der Waals surface area contributed by atoms with E-state index in [9.17, 15) is 12.8 Å². The van der Waals surface area contributed by atoms with E-state index in [4.69, 9.17) is 5.26 Å². The zero-order chi connectivity index (χ0) is 19.6. The summed E-state index contributed by atoms with van der Waals surface area (Å²) in [7, 11) is -3.87. The molecule has 2 heterocycles. The van der Waals surface area contributed by atoms with Gasteiger partial charge in [-0.1, -0.05) is 6.07 Å². The summed E-state index contributed by atoms with van der Waals surface area (Å²) in [6.07, 6.45) is 1.15. The summed E-state index contributed by atoms with van der Waals surface area (Å²) in [6, 6.07) is 12.5. The molecular formula is C19H15FN4O2S. The second-order valence-electron chi connectivity index (χ2n) is 5.97. The number of sulfonamides is 1. The van der Waals surface area contributed by atoms with Crippen molar-refractivity contribution in [1.29, 1.82) is 5.26 Å². The first-order valence-electron chi connectivity index (χ1n) is 7.93. The summed E-state index contributed by atoms with van der Waals surface area (Å²) < 4.78 is 41.5. The molecular weight excluding hydrogens is 367 g/mol. The van der Waals surface area contributed by atoms with E-state index >= 15 is 0 Å². The number of pyridine rings is 2. The van der Waals surface area contributed by atoms with Gasteiger partial charge in [-0.25, -0.2) is 9.37 Å². The number of nitrogens with zero attached hydrogens (tertiary/aromatic N) is 3. The summed E-state index contributed by atoms with van der Waals surface area (Å²) >= 11 is 0. The largest absolute Gasteiger partial charge is 0.279 e. The molecule has 2 aromatic heterocycles. The van der Waals surface area contributed by atoms with Crippen molar-refractivity contribution in [3.05, 3.63) is 71.3 Å². The van der Waals surface area contributed by atoms with Gasteiger partial charge in [-0.15, -0.1) is 0 Å². The van der Waals surface area contributed by atoms with Gasteiger partial charge in [-0.05, 0) is 49.7 Å². The quantitative estimate of drug-likeness (QED) is 0.744. The standard InChI is InChI=1S/C19H15FN4O2S/c1-12-6-14(18-9-17(20)15(10-21)11-22-18)8-16(7-12)24-27(25,26)19-5-3-4-13(2)23-19/h3-9,11,24H,1-2H3. The van der Waals surface area contributed by atoms with E-state index in [2.05, 4.69) is 14.7 Å². The fraction of sp³-hybridized carbons (Fsp3) is 0.105. The molecule has 1 aromatic carbocycles.